The van der Waals surface area contributed by atoms with E-state index in [1.807, 2.05) is 31.3 Å². The van der Waals surface area contributed by atoms with Gasteiger partial charge in [-0.1, -0.05) is 24.3 Å². The Kier molecular flexibility index (Phi) is 6.41. The number of halogens is 2. The molecule has 0 bridgehead atoms. The smallest absolute Gasteiger partial charge is 0.326 e. The van der Waals surface area contributed by atoms with Crippen molar-refractivity contribution in [2.24, 2.45) is 0 Å². The van der Waals surface area contributed by atoms with Crippen molar-refractivity contribution in [2.75, 3.05) is 5.32 Å². The summed E-state index contributed by atoms with van der Waals surface area (Å²) in [6, 6.07) is 14.7. The second-order valence-corrected chi connectivity index (χ2v) is 6.74. The van der Waals surface area contributed by atoms with Crippen LogP contribution in [-0.4, -0.2) is 11.9 Å². The Morgan fingerprint density at radius 1 is 0.900 bits per heavy atom. The third kappa shape index (κ3) is 5.20. The third-order valence-electron chi connectivity index (χ3n) is 4.51. The van der Waals surface area contributed by atoms with Crippen LogP contribution < -0.4 is 15.4 Å². The number of urea groups is 1. The zero-order valence-electron chi connectivity index (χ0n) is 16.5. The van der Waals surface area contributed by atoms with Crippen LogP contribution in [0.25, 0.3) is 0 Å². The molecule has 3 rings (SSSR count). The number of nitrogens with one attached hydrogen (secondary N) is 2. The molecule has 0 saturated carbocycles. The first-order valence-corrected chi connectivity index (χ1v) is 9.19. The minimum atomic E-state index is -1.17. The van der Waals surface area contributed by atoms with Gasteiger partial charge in [-0.25, -0.2) is 13.6 Å². The summed E-state index contributed by atoms with van der Waals surface area (Å²) >= 11 is 0. The second-order valence-electron chi connectivity index (χ2n) is 6.74. The molecule has 0 radical (unpaired) electrons. The lowest BCUT2D eigenvalue weighted by Crippen LogP contribution is -2.35. The average molecular weight is 410 g/mol. The van der Waals surface area contributed by atoms with Gasteiger partial charge in [0, 0.05) is 5.69 Å². The summed E-state index contributed by atoms with van der Waals surface area (Å²) in [5.41, 5.74) is 3.00. The molecule has 0 unspecified atom stereocenters. The van der Waals surface area contributed by atoms with Gasteiger partial charge in [0.1, 0.15) is 29.6 Å². The fraction of sp³-hybridized carbons (Fsp3) is 0.130. The van der Waals surface area contributed by atoms with Gasteiger partial charge in [0.15, 0.2) is 0 Å². The summed E-state index contributed by atoms with van der Waals surface area (Å²) in [4.78, 5) is 23.9. The van der Waals surface area contributed by atoms with E-state index < -0.39 is 29.1 Å². The van der Waals surface area contributed by atoms with Crippen molar-refractivity contribution in [3.8, 4) is 5.75 Å². The summed E-state index contributed by atoms with van der Waals surface area (Å²) in [5, 5.41) is 4.32. The maximum absolute atomic E-state index is 13.6. The highest BCUT2D eigenvalue weighted by Crippen LogP contribution is 2.18. The van der Waals surface area contributed by atoms with Crippen LogP contribution in [0.5, 0.6) is 5.75 Å². The lowest BCUT2D eigenvalue weighted by molar-refractivity contribution is 0.0959. The van der Waals surface area contributed by atoms with Crippen LogP contribution in [0.3, 0.4) is 0 Å². The van der Waals surface area contributed by atoms with Gasteiger partial charge in [-0.2, -0.15) is 0 Å². The van der Waals surface area contributed by atoms with Gasteiger partial charge in [-0.15, -0.1) is 0 Å². The van der Waals surface area contributed by atoms with Gasteiger partial charge in [0.25, 0.3) is 5.91 Å². The van der Waals surface area contributed by atoms with Crippen LogP contribution >= 0.6 is 0 Å². The predicted octanol–water partition coefficient (Wildman–Crippen LogP) is 5.12. The van der Waals surface area contributed by atoms with Crippen LogP contribution in [0.2, 0.25) is 0 Å². The zero-order valence-corrected chi connectivity index (χ0v) is 16.5. The molecule has 7 heteroatoms. The molecule has 0 aromatic heterocycles. The van der Waals surface area contributed by atoms with Gasteiger partial charge in [0.2, 0.25) is 0 Å². The summed E-state index contributed by atoms with van der Waals surface area (Å²) in [7, 11) is 0. The Hall–Kier alpha value is -3.74. The number of amides is 3. The second kappa shape index (κ2) is 9.17. The molecule has 0 aliphatic heterocycles. The van der Waals surface area contributed by atoms with Crippen LogP contribution in [0, 0.1) is 25.5 Å². The number of hydrogen-bond acceptors (Lipinski definition) is 3. The summed E-state index contributed by atoms with van der Waals surface area (Å²) in [6.07, 6.45) is 0. The number of rotatable bonds is 5. The van der Waals surface area contributed by atoms with E-state index in [1.165, 1.54) is 11.1 Å². The van der Waals surface area contributed by atoms with Crippen molar-refractivity contribution in [1.29, 1.82) is 0 Å². The number of hydrogen-bond donors (Lipinski definition) is 2. The van der Waals surface area contributed by atoms with Crippen molar-refractivity contribution in [1.82, 2.24) is 5.32 Å². The highest BCUT2D eigenvalue weighted by atomic mass is 19.1. The van der Waals surface area contributed by atoms with Crippen molar-refractivity contribution in [2.45, 2.75) is 20.5 Å². The molecule has 0 aliphatic carbocycles. The van der Waals surface area contributed by atoms with Crippen LogP contribution in [-0.2, 0) is 6.61 Å². The van der Waals surface area contributed by atoms with E-state index in [2.05, 4.69) is 11.4 Å². The lowest BCUT2D eigenvalue weighted by Gasteiger charge is -2.10. The minimum Gasteiger partial charge on any atom is -0.489 e. The van der Waals surface area contributed by atoms with E-state index in [9.17, 15) is 18.4 Å². The highest BCUT2D eigenvalue weighted by Gasteiger charge is 2.19. The van der Waals surface area contributed by atoms with Gasteiger partial charge in [-0.05, 0) is 66.9 Å². The third-order valence-corrected chi connectivity index (χ3v) is 4.51. The van der Waals surface area contributed by atoms with E-state index >= 15 is 0 Å². The molecule has 0 heterocycles. The topological polar surface area (TPSA) is 67.4 Å². The fourth-order valence-electron chi connectivity index (χ4n) is 2.74. The van der Waals surface area contributed by atoms with E-state index in [0.717, 1.165) is 23.8 Å². The molecule has 3 aromatic carbocycles. The van der Waals surface area contributed by atoms with E-state index in [1.54, 1.807) is 24.3 Å². The maximum Gasteiger partial charge on any atom is 0.326 e. The van der Waals surface area contributed by atoms with E-state index in [-0.39, 0.29) is 0 Å². The molecule has 0 saturated heterocycles. The number of aryl methyl sites for hydroxylation is 2. The molecule has 2 N–H and O–H groups in total. The van der Waals surface area contributed by atoms with Gasteiger partial charge in [-0.3, -0.25) is 10.1 Å². The van der Waals surface area contributed by atoms with Gasteiger partial charge in [0.05, 0.1) is 0 Å². The zero-order chi connectivity index (χ0) is 21.7. The van der Waals surface area contributed by atoms with Crippen molar-refractivity contribution in [3.05, 3.63) is 94.6 Å². The summed E-state index contributed by atoms with van der Waals surface area (Å²) in [6.45, 7) is 4.48. The monoisotopic (exact) mass is 410 g/mol. The SMILES string of the molecule is Cc1ccc(COc2ccc(NC(=O)NC(=O)c3c(F)cccc3F)cc2)cc1C. The van der Waals surface area contributed by atoms with Crippen LogP contribution in [0.15, 0.2) is 60.7 Å². The molecular formula is C23H20F2N2O3. The Balaban J connectivity index is 1.55. The molecule has 5 nitrogen and oxygen atoms in total. The molecule has 3 aromatic rings. The number of benzene rings is 3. The number of carbonyl (C=O) groups excluding carboxylic acids is 2. The lowest BCUT2D eigenvalue weighted by atomic mass is 10.1. The molecule has 154 valence electrons. The average Bonchev–Trinajstić information content (AvgIpc) is 2.69. The first kappa shape index (κ1) is 21.0. The molecule has 30 heavy (non-hydrogen) atoms. The Labute approximate surface area is 172 Å². The number of imide groups is 1. The normalized spacial score (nSPS) is 10.4. The number of ether oxygens (including phenoxy) is 1. The predicted molar refractivity (Wildman–Crippen MR) is 110 cm³/mol. The summed E-state index contributed by atoms with van der Waals surface area (Å²) < 4.78 is 33.0. The van der Waals surface area contributed by atoms with Crippen molar-refractivity contribution in [3.63, 3.8) is 0 Å². The fourth-order valence-corrected chi connectivity index (χ4v) is 2.74. The molecule has 3 amide bonds. The molecule has 0 spiro atoms. The molecule has 0 aliphatic rings. The number of anilines is 1. The first-order chi connectivity index (χ1) is 14.3. The Bertz CT molecular complexity index is 1060. The van der Waals surface area contributed by atoms with Crippen LogP contribution in [0.1, 0.15) is 27.0 Å². The van der Waals surface area contributed by atoms with E-state index in [0.29, 0.717) is 18.0 Å². The largest absolute Gasteiger partial charge is 0.489 e. The number of carbonyl (C=O) groups is 2. The Morgan fingerprint density at radius 3 is 2.20 bits per heavy atom. The summed E-state index contributed by atoms with van der Waals surface area (Å²) in [5.74, 6) is -2.67. The standard InChI is InChI=1S/C23H20F2N2O3/c1-14-6-7-16(12-15(14)2)13-30-18-10-8-17(9-11-18)26-23(29)27-22(28)21-19(24)4-3-5-20(21)25/h3-12H,13H2,1-2H3,(H2,26,27,28,29). The molecular weight excluding hydrogens is 390 g/mol. The molecule has 0 atom stereocenters. The van der Waals surface area contributed by atoms with Crippen molar-refractivity contribution < 1.29 is 23.1 Å². The maximum atomic E-state index is 13.6. The van der Waals surface area contributed by atoms with Crippen molar-refractivity contribution >= 4 is 17.6 Å². The quantitative estimate of drug-likeness (QED) is 0.613. The van der Waals surface area contributed by atoms with Gasteiger partial charge < -0.3 is 10.1 Å². The molecule has 0 fully saturated rings. The van der Waals surface area contributed by atoms with Gasteiger partial charge >= 0.3 is 6.03 Å². The van der Waals surface area contributed by atoms with E-state index in [4.69, 9.17) is 4.74 Å². The highest BCUT2D eigenvalue weighted by molar-refractivity contribution is 6.08. The first-order valence-electron chi connectivity index (χ1n) is 9.19. The minimum absolute atomic E-state index is 0.382. The van der Waals surface area contributed by atoms with Crippen LogP contribution in [0.4, 0.5) is 19.3 Å². The Morgan fingerprint density at radius 2 is 1.57 bits per heavy atom.